The highest BCUT2D eigenvalue weighted by Crippen LogP contribution is 2.32. The third kappa shape index (κ3) is 5.36. The van der Waals surface area contributed by atoms with Gasteiger partial charge in [-0.25, -0.2) is 0 Å². The molecule has 0 spiro atoms. The molecular formula is C18H30N2O4S2. The molecule has 26 heavy (non-hydrogen) atoms. The third-order valence-electron chi connectivity index (χ3n) is 4.50. The van der Waals surface area contributed by atoms with Crippen LogP contribution in [0.5, 0.6) is 0 Å². The average Bonchev–Trinajstić information content (AvgIpc) is 2.60. The van der Waals surface area contributed by atoms with Gasteiger partial charge in [-0.3, -0.25) is 0 Å². The Balaban J connectivity index is 2.00. The molecule has 1 heterocycles. The van der Waals surface area contributed by atoms with E-state index >= 15 is 0 Å². The maximum atomic E-state index is 10.3. The summed E-state index contributed by atoms with van der Waals surface area (Å²) in [7, 11) is 4.07. The molecule has 2 rings (SSSR count). The molecule has 5 N–H and O–H groups in total. The van der Waals surface area contributed by atoms with Gasteiger partial charge >= 0.3 is 0 Å². The lowest BCUT2D eigenvalue weighted by Crippen LogP contribution is -2.62. The van der Waals surface area contributed by atoms with Crippen molar-refractivity contribution in [1.29, 1.82) is 0 Å². The number of benzene rings is 1. The Bertz CT molecular complexity index is 559. The van der Waals surface area contributed by atoms with E-state index in [4.69, 9.17) is 10.5 Å². The van der Waals surface area contributed by atoms with Gasteiger partial charge in [-0.1, -0.05) is 19.1 Å². The van der Waals surface area contributed by atoms with E-state index in [9.17, 15) is 15.3 Å². The van der Waals surface area contributed by atoms with E-state index < -0.39 is 35.9 Å². The molecule has 148 valence electrons. The number of nitrogens with two attached hydrogens (primary N) is 1. The van der Waals surface area contributed by atoms with E-state index in [0.717, 1.165) is 11.4 Å². The largest absolute Gasteiger partial charge is 0.388 e. The smallest absolute Gasteiger partial charge is 0.132 e. The SMILES string of the molecule is CSC1O[C@H]([C@H](N)[C@H](C)Sc2ccc(CN(C)C)cc2)C(O)[C@@H](O)[C@H]1O. The van der Waals surface area contributed by atoms with Gasteiger partial charge in [-0.15, -0.1) is 23.5 Å². The summed E-state index contributed by atoms with van der Waals surface area (Å²) in [5.74, 6) is 0. The normalized spacial score (nSPS) is 31.8. The highest BCUT2D eigenvalue weighted by atomic mass is 32.2. The summed E-state index contributed by atoms with van der Waals surface area (Å²) in [6, 6.07) is 7.82. The minimum Gasteiger partial charge on any atom is -0.388 e. The van der Waals surface area contributed by atoms with Gasteiger partial charge < -0.3 is 30.7 Å². The van der Waals surface area contributed by atoms with E-state index in [2.05, 4.69) is 29.2 Å². The maximum Gasteiger partial charge on any atom is 0.132 e. The van der Waals surface area contributed by atoms with Crippen LogP contribution in [0.25, 0.3) is 0 Å². The highest BCUT2D eigenvalue weighted by Gasteiger charge is 2.46. The molecule has 7 atom stereocenters. The zero-order valence-electron chi connectivity index (χ0n) is 15.6. The maximum absolute atomic E-state index is 10.3. The fourth-order valence-corrected chi connectivity index (χ4v) is 4.70. The van der Waals surface area contributed by atoms with Crippen molar-refractivity contribution in [2.45, 2.75) is 59.5 Å². The van der Waals surface area contributed by atoms with Crippen LogP contribution >= 0.6 is 23.5 Å². The highest BCUT2D eigenvalue weighted by molar-refractivity contribution is 8.00. The van der Waals surface area contributed by atoms with Crippen LogP contribution in [0, 0.1) is 0 Å². The Kier molecular flexibility index (Phi) is 8.24. The van der Waals surface area contributed by atoms with Crippen molar-refractivity contribution in [3.63, 3.8) is 0 Å². The Morgan fingerprint density at radius 3 is 2.27 bits per heavy atom. The second-order valence-electron chi connectivity index (χ2n) is 6.96. The van der Waals surface area contributed by atoms with Gasteiger partial charge in [-0.2, -0.15) is 0 Å². The second kappa shape index (κ2) is 9.75. The van der Waals surface area contributed by atoms with Crippen LogP contribution < -0.4 is 5.73 Å². The van der Waals surface area contributed by atoms with Crippen LogP contribution in [-0.2, 0) is 11.3 Å². The first-order valence-electron chi connectivity index (χ1n) is 8.63. The molecule has 2 unspecified atom stereocenters. The van der Waals surface area contributed by atoms with Crippen LogP contribution in [0.3, 0.4) is 0 Å². The van der Waals surface area contributed by atoms with E-state index in [1.165, 1.54) is 17.3 Å². The molecule has 0 amide bonds. The van der Waals surface area contributed by atoms with Crippen LogP contribution in [0.15, 0.2) is 29.2 Å². The van der Waals surface area contributed by atoms with Crippen molar-refractivity contribution in [2.75, 3.05) is 20.4 Å². The van der Waals surface area contributed by atoms with E-state index in [-0.39, 0.29) is 5.25 Å². The number of nitrogens with zero attached hydrogens (tertiary/aromatic N) is 1. The first-order chi connectivity index (χ1) is 12.2. The summed E-state index contributed by atoms with van der Waals surface area (Å²) in [5, 5.41) is 30.3. The van der Waals surface area contributed by atoms with E-state index in [1.54, 1.807) is 18.0 Å². The molecule has 1 aromatic rings. The van der Waals surface area contributed by atoms with E-state index in [1.807, 2.05) is 21.0 Å². The van der Waals surface area contributed by atoms with Crippen molar-refractivity contribution in [2.24, 2.45) is 5.73 Å². The number of aliphatic hydroxyl groups excluding tert-OH is 3. The first kappa shape index (κ1) is 22.0. The quantitative estimate of drug-likeness (QED) is 0.496. The Morgan fingerprint density at radius 1 is 1.12 bits per heavy atom. The molecule has 0 saturated carbocycles. The number of rotatable bonds is 7. The number of hydrogen-bond donors (Lipinski definition) is 4. The number of hydrogen-bond acceptors (Lipinski definition) is 8. The van der Waals surface area contributed by atoms with Crippen LogP contribution in [0.1, 0.15) is 12.5 Å². The van der Waals surface area contributed by atoms with Gasteiger partial charge in [0.1, 0.15) is 29.9 Å². The average molecular weight is 403 g/mol. The Morgan fingerprint density at radius 2 is 1.73 bits per heavy atom. The molecule has 6 nitrogen and oxygen atoms in total. The van der Waals surface area contributed by atoms with Crippen molar-refractivity contribution in [3.05, 3.63) is 29.8 Å². The number of thioether (sulfide) groups is 2. The fraction of sp³-hybridized carbons (Fsp3) is 0.667. The van der Waals surface area contributed by atoms with Gasteiger partial charge in [0.15, 0.2) is 0 Å². The van der Waals surface area contributed by atoms with Crippen molar-refractivity contribution in [3.8, 4) is 0 Å². The van der Waals surface area contributed by atoms with Crippen LogP contribution in [0.2, 0.25) is 0 Å². The van der Waals surface area contributed by atoms with Gasteiger partial charge in [0.25, 0.3) is 0 Å². The minimum absolute atomic E-state index is 0.0423. The van der Waals surface area contributed by atoms with Gasteiger partial charge in [-0.05, 0) is 38.0 Å². The third-order valence-corrected chi connectivity index (χ3v) is 6.59. The van der Waals surface area contributed by atoms with E-state index in [0.29, 0.717) is 0 Å². The molecule has 1 aromatic carbocycles. The Hall–Kier alpha value is -0.320. The lowest BCUT2D eigenvalue weighted by atomic mass is 9.94. The summed E-state index contributed by atoms with van der Waals surface area (Å²) in [6.45, 7) is 2.86. The lowest BCUT2D eigenvalue weighted by molar-refractivity contribution is -0.202. The molecule has 0 bridgehead atoms. The summed E-state index contributed by atoms with van der Waals surface area (Å²) < 4.78 is 5.77. The number of aliphatic hydroxyl groups is 3. The second-order valence-corrected chi connectivity index (χ2v) is 9.35. The topological polar surface area (TPSA) is 99.2 Å². The molecular weight excluding hydrogens is 372 g/mol. The molecule has 1 aliphatic rings. The summed E-state index contributed by atoms with van der Waals surface area (Å²) in [5.41, 5.74) is 6.97. The predicted octanol–water partition coefficient (Wildman–Crippen LogP) is 0.727. The summed E-state index contributed by atoms with van der Waals surface area (Å²) in [6.07, 6.45) is -2.56. The van der Waals surface area contributed by atoms with Gasteiger partial charge in [0.05, 0.1) is 0 Å². The van der Waals surface area contributed by atoms with Gasteiger partial charge in [0.2, 0.25) is 0 Å². The van der Waals surface area contributed by atoms with Crippen LogP contribution in [0.4, 0.5) is 0 Å². The fourth-order valence-electron chi connectivity index (χ4n) is 2.99. The van der Waals surface area contributed by atoms with Crippen molar-refractivity contribution >= 4 is 23.5 Å². The molecule has 1 fully saturated rings. The van der Waals surface area contributed by atoms with Crippen LogP contribution in [-0.4, -0.2) is 81.7 Å². The lowest BCUT2D eigenvalue weighted by Gasteiger charge is -2.43. The first-order valence-corrected chi connectivity index (χ1v) is 10.8. The van der Waals surface area contributed by atoms with Gasteiger partial charge in [0, 0.05) is 22.7 Å². The molecule has 0 aliphatic carbocycles. The molecule has 0 aromatic heterocycles. The zero-order valence-corrected chi connectivity index (χ0v) is 17.3. The van der Waals surface area contributed by atoms with Crippen molar-refractivity contribution < 1.29 is 20.1 Å². The number of ether oxygens (including phenoxy) is 1. The molecule has 0 radical (unpaired) electrons. The summed E-state index contributed by atoms with van der Waals surface area (Å²) in [4.78, 5) is 3.20. The minimum atomic E-state index is -1.26. The zero-order chi connectivity index (χ0) is 19.4. The molecule has 1 aliphatic heterocycles. The molecule has 1 saturated heterocycles. The predicted molar refractivity (Wildman–Crippen MR) is 107 cm³/mol. The molecule has 8 heteroatoms. The standard InChI is InChI=1S/C18H30N2O4S2/c1-10(26-12-7-5-11(6-8-12)9-20(2)3)13(19)17-15(22)14(21)16(23)18(24-17)25-4/h5-8,10,13-18,21-23H,9,19H2,1-4H3/t10-,13+,14+,15?,16+,17+,18?/m0/s1. The summed E-state index contributed by atoms with van der Waals surface area (Å²) >= 11 is 2.90. The Labute approximate surface area is 164 Å². The monoisotopic (exact) mass is 402 g/mol. The van der Waals surface area contributed by atoms with Crippen molar-refractivity contribution in [1.82, 2.24) is 4.90 Å².